The van der Waals surface area contributed by atoms with Gasteiger partial charge >= 0.3 is 0 Å². The smallest absolute Gasteiger partial charge is 0.256 e. The Balaban J connectivity index is 2.23. The molecule has 0 saturated carbocycles. The largest absolute Gasteiger partial charge is 0.342 e. The van der Waals surface area contributed by atoms with Crippen molar-refractivity contribution in [2.45, 2.75) is 45.8 Å². The van der Waals surface area contributed by atoms with Crippen LogP contribution in [-0.4, -0.2) is 16.5 Å². The zero-order chi connectivity index (χ0) is 14.0. The molecule has 0 aliphatic heterocycles. The van der Waals surface area contributed by atoms with Gasteiger partial charge in [0.15, 0.2) is 0 Å². The van der Waals surface area contributed by atoms with Gasteiger partial charge in [-0.15, -0.1) is 0 Å². The lowest BCUT2D eigenvalue weighted by molar-refractivity contribution is 0.128. The summed E-state index contributed by atoms with van der Waals surface area (Å²) in [6.07, 6.45) is -0.607. The molecule has 0 spiro atoms. The fourth-order valence-corrected chi connectivity index (χ4v) is 2.01. The van der Waals surface area contributed by atoms with Crippen LogP contribution in [0.25, 0.3) is 10.9 Å². The summed E-state index contributed by atoms with van der Waals surface area (Å²) in [6.45, 7) is 6.79. The second-order valence-electron chi connectivity index (χ2n) is 5.86. The van der Waals surface area contributed by atoms with Crippen LogP contribution in [-0.2, 0) is 13.1 Å². The third-order valence-corrected chi connectivity index (χ3v) is 3.00. The van der Waals surface area contributed by atoms with Gasteiger partial charge in [-0.3, -0.25) is 0 Å². The zero-order valence-corrected chi connectivity index (χ0v) is 11.6. The first-order valence-corrected chi connectivity index (χ1v) is 6.46. The number of hydrogen-bond acceptors (Lipinski definition) is 1. The molecule has 104 valence electrons. The van der Waals surface area contributed by atoms with E-state index in [1.54, 1.807) is 10.8 Å². The Hall–Kier alpha value is -1.42. The Labute approximate surface area is 112 Å². The number of halogens is 2. The van der Waals surface area contributed by atoms with Crippen molar-refractivity contribution in [2.24, 2.45) is 0 Å². The SMILES string of the molecule is CC(C)(C)NCc1ccc2ccn(CC(F)F)c2c1. The number of aromatic nitrogens is 1. The maximum Gasteiger partial charge on any atom is 0.256 e. The first-order valence-electron chi connectivity index (χ1n) is 6.46. The zero-order valence-electron chi connectivity index (χ0n) is 11.6. The molecule has 1 aromatic carbocycles. The first-order chi connectivity index (χ1) is 8.85. The Morgan fingerprint density at radius 2 is 1.95 bits per heavy atom. The predicted molar refractivity (Wildman–Crippen MR) is 74.5 cm³/mol. The predicted octanol–water partition coefficient (Wildman–Crippen LogP) is 3.79. The van der Waals surface area contributed by atoms with Crippen LogP contribution in [0.4, 0.5) is 8.78 Å². The first kappa shape index (κ1) is 14.0. The van der Waals surface area contributed by atoms with Crippen molar-refractivity contribution >= 4 is 10.9 Å². The van der Waals surface area contributed by atoms with E-state index in [0.717, 1.165) is 23.0 Å². The van der Waals surface area contributed by atoms with Crippen molar-refractivity contribution < 1.29 is 8.78 Å². The second-order valence-corrected chi connectivity index (χ2v) is 5.86. The van der Waals surface area contributed by atoms with Gasteiger partial charge in [0.05, 0.1) is 6.54 Å². The van der Waals surface area contributed by atoms with Crippen LogP contribution in [0.2, 0.25) is 0 Å². The normalized spacial score (nSPS) is 12.5. The molecular weight excluding hydrogens is 246 g/mol. The lowest BCUT2D eigenvalue weighted by atomic mass is 10.1. The molecule has 0 atom stereocenters. The van der Waals surface area contributed by atoms with Crippen LogP contribution in [0.15, 0.2) is 30.5 Å². The molecule has 1 heterocycles. The molecule has 0 aliphatic carbocycles. The minimum atomic E-state index is -2.33. The highest BCUT2D eigenvalue weighted by atomic mass is 19.3. The number of nitrogens with zero attached hydrogens (tertiary/aromatic N) is 1. The lowest BCUT2D eigenvalue weighted by Gasteiger charge is -2.20. The van der Waals surface area contributed by atoms with Gasteiger partial charge in [0.2, 0.25) is 0 Å². The summed E-state index contributed by atoms with van der Waals surface area (Å²) in [4.78, 5) is 0. The molecule has 2 rings (SSSR count). The van der Waals surface area contributed by atoms with Gasteiger partial charge in [-0.05, 0) is 43.9 Å². The number of alkyl halides is 2. The van der Waals surface area contributed by atoms with Crippen molar-refractivity contribution in [1.82, 2.24) is 9.88 Å². The van der Waals surface area contributed by atoms with Gasteiger partial charge in [-0.1, -0.05) is 12.1 Å². The average Bonchev–Trinajstić information content (AvgIpc) is 2.68. The van der Waals surface area contributed by atoms with Gasteiger partial charge in [-0.2, -0.15) is 0 Å². The van der Waals surface area contributed by atoms with E-state index in [1.807, 2.05) is 24.3 Å². The minimum absolute atomic E-state index is 0.0416. The topological polar surface area (TPSA) is 17.0 Å². The van der Waals surface area contributed by atoms with Crippen molar-refractivity contribution in [3.8, 4) is 0 Å². The Morgan fingerprint density at radius 3 is 2.58 bits per heavy atom. The number of rotatable bonds is 4. The molecule has 2 aromatic rings. The van der Waals surface area contributed by atoms with Gasteiger partial charge in [0.1, 0.15) is 0 Å². The molecule has 0 radical (unpaired) electrons. The number of hydrogen-bond donors (Lipinski definition) is 1. The monoisotopic (exact) mass is 266 g/mol. The van der Waals surface area contributed by atoms with Crippen molar-refractivity contribution in [3.63, 3.8) is 0 Å². The maximum absolute atomic E-state index is 12.5. The third kappa shape index (κ3) is 3.77. The quantitative estimate of drug-likeness (QED) is 0.890. The summed E-state index contributed by atoms with van der Waals surface area (Å²) in [6, 6.07) is 7.87. The Kier molecular flexibility index (Phi) is 3.90. The summed E-state index contributed by atoms with van der Waals surface area (Å²) in [7, 11) is 0. The van der Waals surface area contributed by atoms with Gasteiger partial charge in [0.25, 0.3) is 6.43 Å². The summed E-state index contributed by atoms with van der Waals surface area (Å²) in [5, 5.41) is 4.40. The van der Waals surface area contributed by atoms with Gasteiger partial charge < -0.3 is 9.88 Å². The Morgan fingerprint density at radius 1 is 1.21 bits per heavy atom. The molecule has 0 fully saturated rings. The highest BCUT2D eigenvalue weighted by molar-refractivity contribution is 5.80. The molecular formula is C15H20F2N2. The Bertz CT molecular complexity index is 553. The molecule has 0 bridgehead atoms. The summed E-state index contributed by atoms with van der Waals surface area (Å²) >= 11 is 0. The highest BCUT2D eigenvalue weighted by Gasteiger charge is 2.10. The van der Waals surface area contributed by atoms with E-state index in [9.17, 15) is 8.78 Å². The highest BCUT2D eigenvalue weighted by Crippen LogP contribution is 2.19. The van der Waals surface area contributed by atoms with E-state index in [4.69, 9.17) is 0 Å². The number of benzene rings is 1. The molecule has 4 heteroatoms. The molecule has 2 nitrogen and oxygen atoms in total. The van der Waals surface area contributed by atoms with Gasteiger partial charge in [-0.25, -0.2) is 8.78 Å². The van der Waals surface area contributed by atoms with Crippen LogP contribution in [0.5, 0.6) is 0 Å². The van der Waals surface area contributed by atoms with Crippen LogP contribution in [0, 0.1) is 0 Å². The third-order valence-electron chi connectivity index (χ3n) is 3.00. The van der Waals surface area contributed by atoms with E-state index in [-0.39, 0.29) is 12.1 Å². The van der Waals surface area contributed by atoms with Crippen molar-refractivity contribution in [1.29, 1.82) is 0 Å². The second kappa shape index (κ2) is 5.29. The van der Waals surface area contributed by atoms with Crippen LogP contribution >= 0.6 is 0 Å². The number of fused-ring (bicyclic) bond motifs is 1. The average molecular weight is 266 g/mol. The van der Waals surface area contributed by atoms with E-state index in [0.29, 0.717) is 0 Å². The summed E-state index contributed by atoms with van der Waals surface area (Å²) in [5.74, 6) is 0. The van der Waals surface area contributed by atoms with Crippen molar-refractivity contribution in [2.75, 3.05) is 0 Å². The van der Waals surface area contributed by atoms with E-state index < -0.39 is 6.43 Å². The lowest BCUT2D eigenvalue weighted by Crippen LogP contribution is -2.35. The fourth-order valence-electron chi connectivity index (χ4n) is 2.01. The summed E-state index contributed by atoms with van der Waals surface area (Å²) in [5.41, 5.74) is 2.02. The molecule has 1 aromatic heterocycles. The van der Waals surface area contributed by atoms with Gasteiger partial charge in [0, 0.05) is 23.8 Å². The van der Waals surface area contributed by atoms with E-state index in [1.165, 1.54) is 0 Å². The number of nitrogens with one attached hydrogen (secondary N) is 1. The van der Waals surface area contributed by atoms with Crippen LogP contribution in [0.3, 0.4) is 0 Å². The standard InChI is InChI=1S/C15H20F2N2/c1-15(2,3)18-9-11-4-5-12-6-7-19(10-14(16)17)13(12)8-11/h4-8,14,18H,9-10H2,1-3H3. The van der Waals surface area contributed by atoms with E-state index in [2.05, 4.69) is 26.1 Å². The molecule has 0 unspecified atom stereocenters. The summed E-state index contributed by atoms with van der Waals surface area (Å²) < 4.78 is 26.6. The van der Waals surface area contributed by atoms with Crippen molar-refractivity contribution in [3.05, 3.63) is 36.0 Å². The molecule has 0 aliphatic rings. The minimum Gasteiger partial charge on any atom is -0.342 e. The fraction of sp³-hybridized carbons (Fsp3) is 0.467. The van der Waals surface area contributed by atoms with Crippen LogP contribution < -0.4 is 5.32 Å². The molecule has 19 heavy (non-hydrogen) atoms. The van der Waals surface area contributed by atoms with E-state index >= 15 is 0 Å². The van der Waals surface area contributed by atoms with Crippen LogP contribution in [0.1, 0.15) is 26.3 Å². The molecule has 0 amide bonds. The maximum atomic E-state index is 12.5. The molecule has 0 saturated heterocycles. The molecule has 1 N–H and O–H groups in total.